The highest BCUT2D eigenvalue weighted by Crippen LogP contribution is 2.33. The van der Waals surface area contributed by atoms with Crippen LogP contribution in [0, 0.1) is 0 Å². The molecule has 18 heavy (non-hydrogen) atoms. The van der Waals surface area contributed by atoms with Gasteiger partial charge in [-0.3, -0.25) is 0 Å². The minimum atomic E-state index is 0.455. The lowest BCUT2D eigenvalue weighted by Crippen LogP contribution is -2.40. The van der Waals surface area contributed by atoms with E-state index < -0.39 is 0 Å². The first-order valence-corrected chi connectivity index (χ1v) is 7.25. The molecule has 1 aliphatic carbocycles. The SMILES string of the molecule is CCNC(COCC)C1CCCc2ccccc21. The Hall–Kier alpha value is -0.860. The van der Waals surface area contributed by atoms with Gasteiger partial charge in [0.1, 0.15) is 0 Å². The van der Waals surface area contributed by atoms with Gasteiger partial charge in [0.05, 0.1) is 6.61 Å². The van der Waals surface area contributed by atoms with Gasteiger partial charge in [-0.2, -0.15) is 0 Å². The second-order valence-electron chi connectivity index (χ2n) is 5.02. The Morgan fingerprint density at radius 2 is 2.17 bits per heavy atom. The number of hydrogen-bond donors (Lipinski definition) is 1. The first-order valence-electron chi connectivity index (χ1n) is 7.25. The molecule has 0 bridgehead atoms. The fourth-order valence-electron chi connectivity index (χ4n) is 3.03. The molecule has 100 valence electrons. The molecule has 0 spiro atoms. The van der Waals surface area contributed by atoms with Crippen molar-refractivity contribution in [3.63, 3.8) is 0 Å². The summed E-state index contributed by atoms with van der Waals surface area (Å²) in [6.45, 7) is 6.88. The van der Waals surface area contributed by atoms with Gasteiger partial charge in [0.25, 0.3) is 0 Å². The summed E-state index contributed by atoms with van der Waals surface area (Å²) in [7, 11) is 0. The van der Waals surface area contributed by atoms with Gasteiger partial charge in [-0.15, -0.1) is 0 Å². The lowest BCUT2D eigenvalue weighted by molar-refractivity contribution is 0.112. The minimum absolute atomic E-state index is 0.455. The molecule has 0 saturated heterocycles. The van der Waals surface area contributed by atoms with Gasteiger partial charge in [-0.05, 0) is 43.9 Å². The molecule has 2 rings (SSSR count). The molecular weight excluding hydrogens is 222 g/mol. The van der Waals surface area contributed by atoms with Crippen LogP contribution >= 0.6 is 0 Å². The Morgan fingerprint density at radius 1 is 1.33 bits per heavy atom. The maximum absolute atomic E-state index is 5.65. The van der Waals surface area contributed by atoms with Crippen molar-refractivity contribution in [2.24, 2.45) is 0 Å². The van der Waals surface area contributed by atoms with Crippen molar-refractivity contribution in [2.45, 2.75) is 45.1 Å². The lowest BCUT2D eigenvalue weighted by Gasteiger charge is -2.32. The number of ether oxygens (including phenoxy) is 1. The maximum atomic E-state index is 5.65. The molecular formula is C16H25NO. The number of fused-ring (bicyclic) bond motifs is 1. The number of nitrogens with one attached hydrogen (secondary N) is 1. The second-order valence-corrected chi connectivity index (χ2v) is 5.02. The molecule has 1 aliphatic rings. The third-order valence-electron chi connectivity index (χ3n) is 3.87. The van der Waals surface area contributed by atoms with Crippen molar-refractivity contribution in [2.75, 3.05) is 19.8 Å². The van der Waals surface area contributed by atoms with Gasteiger partial charge in [0.15, 0.2) is 0 Å². The highest BCUT2D eigenvalue weighted by Gasteiger charge is 2.27. The van der Waals surface area contributed by atoms with E-state index in [-0.39, 0.29) is 0 Å². The first kappa shape index (κ1) is 13.6. The van der Waals surface area contributed by atoms with Gasteiger partial charge in [0.2, 0.25) is 0 Å². The van der Waals surface area contributed by atoms with E-state index in [1.54, 1.807) is 0 Å². The van der Waals surface area contributed by atoms with E-state index in [0.717, 1.165) is 19.8 Å². The molecule has 2 heteroatoms. The van der Waals surface area contributed by atoms with E-state index in [1.807, 2.05) is 0 Å². The van der Waals surface area contributed by atoms with Crippen molar-refractivity contribution in [1.29, 1.82) is 0 Å². The van der Waals surface area contributed by atoms with E-state index in [9.17, 15) is 0 Å². The van der Waals surface area contributed by atoms with Crippen LogP contribution in [0.4, 0.5) is 0 Å². The van der Waals surface area contributed by atoms with Crippen LogP contribution < -0.4 is 5.32 Å². The van der Waals surface area contributed by atoms with Crippen LogP contribution in [-0.2, 0) is 11.2 Å². The lowest BCUT2D eigenvalue weighted by atomic mass is 9.79. The van der Waals surface area contributed by atoms with Crippen LogP contribution in [0.5, 0.6) is 0 Å². The Labute approximate surface area is 111 Å². The number of hydrogen-bond acceptors (Lipinski definition) is 2. The summed E-state index contributed by atoms with van der Waals surface area (Å²) in [5.41, 5.74) is 3.07. The zero-order valence-electron chi connectivity index (χ0n) is 11.6. The highest BCUT2D eigenvalue weighted by atomic mass is 16.5. The topological polar surface area (TPSA) is 21.3 Å². The van der Waals surface area contributed by atoms with Crippen LogP contribution in [0.3, 0.4) is 0 Å². The van der Waals surface area contributed by atoms with Crippen molar-refractivity contribution in [3.05, 3.63) is 35.4 Å². The molecule has 0 saturated carbocycles. The quantitative estimate of drug-likeness (QED) is 0.834. The Kier molecular flexibility index (Phi) is 5.21. The molecule has 1 aromatic carbocycles. The molecule has 1 aromatic rings. The molecule has 0 aromatic heterocycles. The van der Waals surface area contributed by atoms with Gasteiger partial charge < -0.3 is 10.1 Å². The van der Waals surface area contributed by atoms with Crippen LogP contribution in [0.15, 0.2) is 24.3 Å². The largest absolute Gasteiger partial charge is 0.380 e. The summed E-state index contributed by atoms with van der Waals surface area (Å²) in [6.07, 6.45) is 3.82. The second kappa shape index (κ2) is 6.91. The summed E-state index contributed by atoms with van der Waals surface area (Å²) >= 11 is 0. The monoisotopic (exact) mass is 247 g/mol. The molecule has 0 amide bonds. The Morgan fingerprint density at radius 3 is 2.94 bits per heavy atom. The van der Waals surface area contributed by atoms with Gasteiger partial charge in [0, 0.05) is 18.6 Å². The average Bonchev–Trinajstić information content (AvgIpc) is 2.43. The zero-order valence-corrected chi connectivity index (χ0v) is 11.6. The fourth-order valence-corrected chi connectivity index (χ4v) is 3.03. The minimum Gasteiger partial charge on any atom is -0.380 e. The van der Waals surface area contributed by atoms with Crippen molar-refractivity contribution >= 4 is 0 Å². The predicted octanol–water partition coefficient (Wildman–Crippen LogP) is 3.12. The number of likely N-dealkylation sites (N-methyl/N-ethyl adjacent to an activating group) is 1. The van der Waals surface area contributed by atoms with Gasteiger partial charge >= 0.3 is 0 Å². The van der Waals surface area contributed by atoms with E-state index >= 15 is 0 Å². The molecule has 2 nitrogen and oxygen atoms in total. The smallest absolute Gasteiger partial charge is 0.0625 e. The van der Waals surface area contributed by atoms with E-state index in [0.29, 0.717) is 12.0 Å². The van der Waals surface area contributed by atoms with Crippen LogP contribution in [0.1, 0.15) is 43.7 Å². The molecule has 0 fully saturated rings. The third kappa shape index (κ3) is 3.12. The van der Waals surface area contributed by atoms with Crippen molar-refractivity contribution in [1.82, 2.24) is 5.32 Å². The third-order valence-corrected chi connectivity index (χ3v) is 3.87. The van der Waals surface area contributed by atoms with Gasteiger partial charge in [-0.25, -0.2) is 0 Å². The fraction of sp³-hybridized carbons (Fsp3) is 0.625. The van der Waals surface area contributed by atoms with Crippen LogP contribution in [0.2, 0.25) is 0 Å². The van der Waals surface area contributed by atoms with Gasteiger partial charge in [-0.1, -0.05) is 31.2 Å². The van der Waals surface area contributed by atoms with Crippen molar-refractivity contribution in [3.8, 4) is 0 Å². The number of benzene rings is 1. The summed E-state index contributed by atoms with van der Waals surface area (Å²) < 4.78 is 5.65. The molecule has 2 atom stereocenters. The summed E-state index contributed by atoms with van der Waals surface area (Å²) in [6, 6.07) is 9.37. The standard InChI is InChI=1S/C16H25NO/c1-3-17-16(12-18-4-2)15-11-7-9-13-8-5-6-10-14(13)15/h5-6,8,10,15-17H,3-4,7,9,11-12H2,1-2H3. The summed E-state index contributed by atoms with van der Waals surface area (Å²) in [5, 5.41) is 3.60. The van der Waals surface area contributed by atoms with E-state index in [4.69, 9.17) is 4.74 Å². The molecule has 2 unspecified atom stereocenters. The molecule has 0 aliphatic heterocycles. The maximum Gasteiger partial charge on any atom is 0.0625 e. The van der Waals surface area contributed by atoms with E-state index in [2.05, 4.69) is 43.4 Å². The highest BCUT2D eigenvalue weighted by molar-refractivity contribution is 5.33. The van der Waals surface area contributed by atoms with Crippen LogP contribution in [-0.4, -0.2) is 25.8 Å². The normalized spacial score (nSPS) is 20.4. The predicted molar refractivity (Wildman–Crippen MR) is 76.1 cm³/mol. The first-order chi connectivity index (χ1) is 8.86. The average molecular weight is 247 g/mol. The van der Waals surface area contributed by atoms with E-state index in [1.165, 1.54) is 30.4 Å². The van der Waals surface area contributed by atoms with Crippen molar-refractivity contribution < 1.29 is 4.74 Å². The summed E-state index contributed by atoms with van der Waals surface area (Å²) in [5.74, 6) is 0.612. The zero-order chi connectivity index (χ0) is 12.8. The summed E-state index contributed by atoms with van der Waals surface area (Å²) in [4.78, 5) is 0. The Balaban J connectivity index is 2.15. The number of aryl methyl sites for hydroxylation is 1. The van der Waals surface area contributed by atoms with Crippen LogP contribution in [0.25, 0.3) is 0 Å². The molecule has 0 radical (unpaired) electrons. The molecule has 1 N–H and O–H groups in total. The molecule has 0 heterocycles. The number of rotatable bonds is 6. The Bertz CT molecular complexity index is 364.